The van der Waals surface area contributed by atoms with Crippen LogP contribution < -0.4 is 4.74 Å². The number of rotatable bonds is 4. The van der Waals surface area contributed by atoms with Gasteiger partial charge >= 0.3 is 11.3 Å². The van der Waals surface area contributed by atoms with Crippen LogP contribution in [0.1, 0.15) is 25.2 Å². The van der Waals surface area contributed by atoms with Crippen LogP contribution in [0.5, 0.6) is 11.5 Å². The Morgan fingerprint density at radius 3 is 2.46 bits per heavy atom. The normalized spacial score (nSPS) is 12.1. The molecule has 0 aliphatic carbocycles. The molecule has 0 aliphatic heterocycles. The number of benzene rings is 3. The maximum absolute atomic E-state index is 10.5. The summed E-state index contributed by atoms with van der Waals surface area (Å²) in [4.78, 5) is 0. The van der Waals surface area contributed by atoms with Crippen LogP contribution in [-0.2, 0) is 0 Å². The highest BCUT2D eigenvalue weighted by atomic mass is 16.5. The summed E-state index contributed by atoms with van der Waals surface area (Å²) in [6, 6.07) is 21.6. The molecule has 0 atom stereocenters. The van der Waals surface area contributed by atoms with E-state index in [-0.39, 0.29) is 11.7 Å². The fraction of sp³-hybridized carbons (Fsp3) is 0.160. The number of para-hydroxylation sites is 1. The molecule has 3 aromatic carbocycles. The Kier molecular flexibility index (Phi) is 4.74. The summed E-state index contributed by atoms with van der Waals surface area (Å²) < 4.78 is 11.7. The fourth-order valence-electron chi connectivity index (χ4n) is 3.51. The van der Waals surface area contributed by atoms with Gasteiger partial charge in [0.1, 0.15) is 5.75 Å². The first-order chi connectivity index (χ1) is 13.6. The Bertz CT molecular complexity index is 1190. The van der Waals surface area contributed by atoms with E-state index in [0.717, 1.165) is 38.6 Å². The minimum atomic E-state index is 0.203. The van der Waals surface area contributed by atoms with E-state index in [9.17, 15) is 5.11 Å². The van der Waals surface area contributed by atoms with Crippen LogP contribution in [0.2, 0.25) is 0 Å². The minimum Gasteiger partial charge on any atom is -0.507 e. The number of fused-ring (bicyclic) bond motifs is 2. The Morgan fingerprint density at radius 2 is 1.68 bits per heavy atom. The largest absolute Gasteiger partial charge is 0.507 e. The number of phenolic OH excluding ortho intramolecular Hbond substituents is 1. The van der Waals surface area contributed by atoms with Crippen LogP contribution >= 0.6 is 0 Å². The van der Waals surface area contributed by atoms with Crippen molar-refractivity contribution < 1.29 is 14.3 Å². The zero-order valence-electron chi connectivity index (χ0n) is 16.3. The van der Waals surface area contributed by atoms with Gasteiger partial charge < -0.3 is 9.84 Å². The van der Waals surface area contributed by atoms with E-state index in [4.69, 9.17) is 9.15 Å². The lowest BCUT2D eigenvalue weighted by Crippen LogP contribution is -1.95. The number of methoxy groups -OCH3 is 1. The third-order valence-corrected chi connectivity index (χ3v) is 5.01. The standard InChI is InChI=1S/C25H22O3/c1-16(2)20(15-21-19-9-5-4-7-17(19)11-13-22(21)26)23-14-12-18-8-6-10-24(27-3)25(18)28-23/h4-16H,1-3H3/p+1/b20-15-. The van der Waals surface area contributed by atoms with Crippen LogP contribution in [0.15, 0.2) is 71.1 Å². The summed E-state index contributed by atoms with van der Waals surface area (Å²) in [6.07, 6.45) is 2.03. The van der Waals surface area contributed by atoms with E-state index >= 15 is 0 Å². The van der Waals surface area contributed by atoms with E-state index in [1.807, 2.05) is 66.7 Å². The van der Waals surface area contributed by atoms with Gasteiger partial charge in [-0.25, -0.2) is 4.42 Å². The third-order valence-electron chi connectivity index (χ3n) is 5.01. The van der Waals surface area contributed by atoms with Crippen molar-refractivity contribution >= 4 is 33.4 Å². The number of hydrogen-bond acceptors (Lipinski definition) is 2. The second-order valence-electron chi connectivity index (χ2n) is 7.15. The predicted molar refractivity (Wildman–Crippen MR) is 115 cm³/mol. The highest BCUT2D eigenvalue weighted by molar-refractivity contribution is 5.97. The van der Waals surface area contributed by atoms with Crippen molar-refractivity contribution in [3.8, 4) is 11.5 Å². The summed E-state index contributed by atoms with van der Waals surface area (Å²) in [5.41, 5.74) is 2.53. The van der Waals surface area contributed by atoms with Gasteiger partial charge in [0, 0.05) is 11.6 Å². The van der Waals surface area contributed by atoms with Gasteiger partial charge in [-0.05, 0) is 47.0 Å². The number of hydrogen-bond donors (Lipinski definition) is 1. The smallest absolute Gasteiger partial charge is 0.402 e. The van der Waals surface area contributed by atoms with E-state index < -0.39 is 0 Å². The summed E-state index contributed by atoms with van der Waals surface area (Å²) in [6.45, 7) is 4.24. The summed E-state index contributed by atoms with van der Waals surface area (Å²) in [5.74, 6) is 1.93. The molecule has 4 aromatic rings. The molecule has 3 heteroatoms. The van der Waals surface area contributed by atoms with Gasteiger partial charge in [-0.1, -0.05) is 50.2 Å². The van der Waals surface area contributed by atoms with Crippen molar-refractivity contribution in [3.63, 3.8) is 0 Å². The van der Waals surface area contributed by atoms with Gasteiger partial charge in [-0.3, -0.25) is 0 Å². The Balaban J connectivity index is 1.94. The molecule has 0 aliphatic rings. The lowest BCUT2D eigenvalue weighted by Gasteiger charge is -2.09. The number of phenols is 1. The maximum atomic E-state index is 10.5. The molecule has 4 rings (SSSR count). The molecular weight excluding hydrogens is 348 g/mol. The second kappa shape index (κ2) is 7.35. The first-order valence-corrected chi connectivity index (χ1v) is 9.41. The first-order valence-electron chi connectivity index (χ1n) is 9.41. The van der Waals surface area contributed by atoms with E-state index in [1.54, 1.807) is 13.2 Å². The van der Waals surface area contributed by atoms with Gasteiger partial charge in [0.15, 0.2) is 0 Å². The van der Waals surface area contributed by atoms with Crippen LogP contribution in [0, 0.1) is 5.92 Å². The molecule has 0 fully saturated rings. The zero-order chi connectivity index (χ0) is 19.7. The van der Waals surface area contributed by atoms with Gasteiger partial charge in [0.2, 0.25) is 5.75 Å². The Hall–Kier alpha value is -3.33. The van der Waals surface area contributed by atoms with Gasteiger partial charge in [0.25, 0.3) is 0 Å². The summed E-state index contributed by atoms with van der Waals surface area (Å²) in [7, 11) is 1.64. The number of ether oxygens (including phenoxy) is 1. The van der Waals surface area contributed by atoms with Crippen molar-refractivity contribution in [1.29, 1.82) is 0 Å². The molecule has 0 bridgehead atoms. The summed E-state index contributed by atoms with van der Waals surface area (Å²) in [5, 5.41) is 13.6. The highest BCUT2D eigenvalue weighted by Crippen LogP contribution is 2.35. The lowest BCUT2D eigenvalue weighted by atomic mass is 9.94. The topological polar surface area (TPSA) is 40.8 Å². The Labute approximate surface area is 164 Å². The van der Waals surface area contributed by atoms with Crippen molar-refractivity contribution in [2.24, 2.45) is 5.92 Å². The molecule has 1 heterocycles. The lowest BCUT2D eigenvalue weighted by molar-refractivity contribution is 0.408. The van der Waals surface area contributed by atoms with Crippen LogP contribution in [0.25, 0.3) is 33.4 Å². The zero-order valence-corrected chi connectivity index (χ0v) is 16.3. The van der Waals surface area contributed by atoms with Crippen LogP contribution in [-0.4, -0.2) is 12.2 Å². The van der Waals surface area contributed by atoms with Gasteiger partial charge in [0.05, 0.1) is 18.1 Å². The van der Waals surface area contributed by atoms with Crippen molar-refractivity contribution in [3.05, 3.63) is 78.1 Å². The van der Waals surface area contributed by atoms with Gasteiger partial charge in [-0.15, -0.1) is 0 Å². The predicted octanol–water partition coefficient (Wildman–Crippen LogP) is 6.78. The molecule has 1 aromatic heterocycles. The van der Waals surface area contributed by atoms with E-state index in [1.165, 1.54) is 0 Å². The quantitative estimate of drug-likeness (QED) is 0.402. The monoisotopic (exact) mass is 371 g/mol. The van der Waals surface area contributed by atoms with Crippen LogP contribution in [0.4, 0.5) is 0 Å². The number of allylic oxidation sites excluding steroid dienone is 1. The molecule has 0 unspecified atom stereocenters. The molecule has 0 saturated carbocycles. The maximum Gasteiger partial charge on any atom is 0.402 e. The SMILES string of the molecule is COc1cccc2ccc(/C(=C\c3c(O)ccc4ccccc34)C(C)C)[o+]c12. The summed E-state index contributed by atoms with van der Waals surface area (Å²) >= 11 is 0. The molecule has 3 nitrogen and oxygen atoms in total. The molecule has 0 saturated heterocycles. The molecule has 1 N–H and O–H groups in total. The molecule has 0 radical (unpaired) electrons. The van der Waals surface area contributed by atoms with Crippen molar-refractivity contribution in [2.75, 3.05) is 7.11 Å². The highest BCUT2D eigenvalue weighted by Gasteiger charge is 2.23. The molecular formula is C25H23O3+. The van der Waals surface area contributed by atoms with Gasteiger partial charge in [-0.2, -0.15) is 0 Å². The van der Waals surface area contributed by atoms with E-state index in [0.29, 0.717) is 5.75 Å². The van der Waals surface area contributed by atoms with Crippen molar-refractivity contribution in [1.82, 2.24) is 0 Å². The average Bonchev–Trinajstić information content (AvgIpc) is 2.72. The van der Waals surface area contributed by atoms with Crippen LogP contribution in [0.3, 0.4) is 0 Å². The molecule has 28 heavy (non-hydrogen) atoms. The first kappa shape index (κ1) is 18.1. The number of aromatic hydroxyl groups is 1. The molecule has 0 amide bonds. The molecule has 140 valence electrons. The molecule has 0 spiro atoms. The Morgan fingerprint density at radius 1 is 0.929 bits per heavy atom. The van der Waals surface area contributed by atoms with E-state index in [2.05, 4.69) is 13.8 Å². The third kappa shape index (κ3) is 3.20. The average molecular weight is 371 g/mol. The van der Waals surface area contributed by atoms with Crippen molar-refractivity contribution in [2.45, 2.75) is 13.8 Å². The fourth-order valence-corrected chi connectivity index (χ4v) is 3.51. The minimum absolute atomic E-state index is 0.203. The second-order valence-corrected chi connectivity index (χ2v) is 7.15.